The molecule has 2 aromatic rings. The lowest BCUT2D eigenvalue weighted by molar-refractivity contribution is -0.137. The van der Waals surface area contributed by atoms with Gasteiger partial charge in [-0.2, -0.15) is 0 Å². The molecule has 1 aliphatic heterocycles. The molecule has 0 aromatic heterocycles. The van der Waals surface area contributed by atoms with Gasteiger partial charge in [0.1, 0.15) is 0 Å². The summed E-state index contributed by atoms with van der Waals surface area (Å²) in [6, 6.07) is 14.1. The number of amides is 2. The van der Waals surface area contributed by atoms with Crippen LogP contribution >= 0.6 is 11.6 Å². The quantitative estimate of drug-likeness (QED) is 0.533. The first-order chi connectivity index (χ1) is 15.0. The van der Waals surface area contributed by atoms with Crippen molar-refractivity contribution in [3.8, 4) is 0 Å². The lowest BCUT2D eigenvalue weighted by Gasteiger charge is -2.31. The van der Waals surface area contributed by atoms with Crippen LogP contribution < -0.4 is 5.32 Å². The monoisotopic (exact) mass is 440 g/mol. The number of nitrogens with zero attached hydrogens (tertiary/aromatic N) is 1. The molecule has 0 atom stereocenters. The van der Waals surface area contributed by atoms with Crippen molar-refractivity contribution in [2.75, 3.05) is 25.0 Å². The minimum Gasteiger partial charge on any atom is -0.463 e. The molecule has 1 saturated heterocycles. The van der Waals surface area contributed by atoms with Crippen LogP contribution in [-0.2, 0) is 14.3 Å². The molecule has 0 radical (unpaired) electrons. The summed E-state index contributed by atoms with van der Waals surface area (Å²) in [6.45, 7) is 3.17. The standard InChI is InChI=1S/C24H25ClN2O4/c1-2-31-22(28)12-5-17-3-10-21(11-4-17)26-23(29)18-13-15-27(16-14-18)24(30)19-6-8-20(25)9-7-19/h3-12,18H,2,13-16H2,1H3,(H,26,29)/b12-5+. The van der Waals surface area contributed by atoms with Crippen LogP contribution in [0.3, 0.4) is 0 Å². The average molecular weight is 441 g/mol. The van der Waals surface area contributed by atoms with E-state index in [4.69, 9.17) is 16.3 Å². The van der Waals surface area contributed by atoms with Crippen molar-refractivity contribution in [2.24, 2.45) is 5.92 Å². The first-order valence-corrected chi connectivity index (χ1v) is 10.6. The van der Waals surface area contributed by atoms with Gasteiger partial charge in [0, 0.05) is 41.4 Å². The van der Waals surface area contributed by atoms with Crippen LogP contribution in [0, 0.1) is 5.92 Å². The molecule has 7 heteroatoms. The van der Waals surface area contributed by atoms with Crippen molar-refractivity contribution in [2.45, 2.75) is 19.8 Å². The first-order valence-electron chi connectivity index (χ1n) is 10.3. The number of nitrogens with one attached hydrogen (secondary N) is 1. The SMILES string of the molecule is CCOC(=O)/C=C/c1ccc(NC(=O)C2CCN(C(=O)c3ccc(Cl)cc3)CC2)cc1. The number of ether oxygens (including phenoxy) is 1. The van der Waals surface area contributed by atoms with E-state index in [9.17, 15) is 14.4 Å². The highest BCUT2D eigenvalue weighted by atomic mass is 35.5. The predicted molar refractivity (Wildman–Crippen MR) is 121 cm³/mol. The maximum Gasteiger partial charge on any atom is 0.330 e. The van der Waals surface area contributed by atoms with E-state index in [0.29, 0.717) is 48.8 Å². The van der Waals surface area contributed by atoms with E-state index in [1.54, 1.807) is 54.3 Å². The number of esters is 1. The summed E-state index contributed by atoms with van der Waals surface area (Å²) in [6.07, 6.45) is 4.27. The van der Waals surface area contributed by atoms with Gasteiger partial charge in [0.05, 0.1) is 6.61 Å². The second-order valence-corrected chi connectivity index (χ2v) is 7.71. The van der Waals surface area contributed by atoms with Crippen LogP contribution in [0.15, 0.2) is 54.6 Å². The number of benzene rings is 2. The summed E-state index contributed by atoms with van der Waals surface area (Å²) in [5, 5.41) is 3.53. The van der Waals surface area contributed by atoms with Gasteiger partial charge in [-0.25, -0.2) is 4.79 Å². The number of hydrogen-bond acceptors (Lipinski definition) is 4. The average Bonchev–Trinajstić information content (AvgIpc) is 2.79. The number of rotatable bonds is 6. The van der Waals surface area contributed by atoms with E-state index in [1.165, 1.54) is 6.08 Å². The minimum atomic E-state index is -0.388. The Kier molecular flexibility index (Phi) is 7.84. The van der Waals surface area contributed by atoms with Crippen LogP contribution in [0.1, 0.15) is 35.7 Å². The molecule has 2 aromatic carbocycles. The van der Waals surface area contributed by atoms with Crippen LogP contribution in [0.2, 0.25) is 5.02 Å². The van der Waals surface area contributed by atoms with Gasteiger partial charge in [0.15, 0.2) is 0 Å². The molecular formula is C24H25ClN2O4. The molecule has 1 fully saturated rings. The highest BCUT2D eigenvalue weighted by Crippen LogP contribution is 2.22. The zero-order valence-corrected chi connectivity index (χ0v) is 18.1. The van der Waals surface area contributed by atoms with Crippen molar-refractivity contribution in [1.82, 2.24) is 4.90 Å². The van der Waals surface area contributed by atoms with Crippen LogP contribution in [0.25, 0.3) is 6.08 Å². The Morgan fingerprint density at radius 3 is 2.32 bits per heavy atom. The molecule has 6 nitrogen and oxygen atoms in total. The Hall–Kier alpha value is -3.12. The molecule has 2 amide bonds. The smallest absolute Gasteiger partial charge is 0.330 e. The molecule has 162 valence electrons. The van der Waals surface area contributed by atoms with E-state index < -0.39 is 0 Å². The number of anilines is 1. The van der Waals surface area contributed by atoms with Gasteiger partial charge in [-0.1, -0.05) is 23.7 Å². The Balaban J connectivity index is 1.49. The highest BCUT2D eigenvalue weighted by molar-refractivity contribution is 6.30. The molecule has 0 aliphatic carbocycles. The number of likely N-dealkylation sites (tertiary alicyclic amines) is 1. The normalized spacial score (nSPS) is 14.5. The molecule has 0 bridgehead atoms. The van der Waals surface area contributed by atoms with E-state index in [-0.39, 0.29) is 23.7 Å². The van der Waals surface area contributed by atoms with Crippen LogP contribution in [0.4, 0.5) is 5.69 Å². The summed E-state index contributed by atoms with van der Waals surface area (Å²) in [4.78, 5) is 38.4. The summed E-state index contributed by atoms with van der Waals surface area (Å²) in [7, 11) is 0. The molecule has 1 heterocycles. The lowest BCUT2D eigenvalue weighted by atomic mass is 9.95. The molecular weight excluding hydrogens is 416 g/mol. The van der Waals surface area contributed by atoms with Gasteiger partial charge in [-0.05, 0) is 67.8 Å². The largest absolute Gasteiger partial charge is 0.463 e. The number of hydrogen-bond donors (Lipinski definition) is 1. The third kappa shape index (κ3) is 6.43. The fraction of sp³-hybridized carbons (Fsp3) is 0.292. The molecule has 0 saturated carbocycles. The Morgan fingerprint density at radius 1 is 1.06 bits per heavy atom. The van der Waals surface area contributed by atoms with Crippen molar-refractivity contribution < 1.29 is 19.1 Å². The van der Waals surface area contributed by atoms with E-state index in [2.05, 4.69) is 5.32 Å². The first kappa shape index (κ1) is 22.6. The number of halogens is 1. The molecule has 1 N–H and O–H groups in total. The van der Waals surface area contributed by atoms with E-state index in [1.807, 2.05) is 12.1 Å². The Labute approximate surface area is 186 Å². The van der Waals surface area contributed by atoms with Gasteiger partial charge in [0.2, 0.25) is 5.91 Å². The van der Waals surface area contributed by atoms with Gasteiger partial charge >= 0.3 is 5.97 Å². The van der Waals surface area contributed by atoms with Gasteiger partial charge in [-0.3, -0.25) is 9.59 Å². The second kappa shape index (κ2) is 10.8. The van der Waals surface area contributed by atoms with Crippen molar-refractivity contribution in [3.05, 3.63) is 70.8 Å². The maximum atomic E-state index is 12.6. The van der Waals surface area contributed by atoms with Gasteiger partial charge in [-0.15, -0.1) is 0 Å². The predicted octanol–water partition coefficient (Wildman–Crippen LogP) is 4.41. The van der Waals surface area contributed by atoms with Gasteiger partial charge in [0.25, 0.3) is 5.91 Å². The zero-order valence-electron chi connectivity index (χ0n) is 17.3. The molecule has 3 rings (SSSR count). The number of carbonyl (C=O) groups excluding carboxylic acids is 3. The third-order valence-electron chi connectivity index (χ3n) is 5.12. The lowest BCUT2D eigenvalue weighted by Crippen LogP contribution is -2.41. The summed E-state index contributed by atoms with van der Waals surface area (Å²) >= 11 is 5.88. The second-order valence-electron chi connectivity index (χ2n) is 7.27. The fourth-order valence-electron chi connectivity index (χ4n) is 3.40. The number of piperidine rings is 1. The van der Waals surface area contributed by atoms with E-state index >= 15 is 0 Å². The van der Waals surface area contributed by atoms with Crippen LogP contribution in [0.5, 0.6) is 0 Å². The van der Waals surface area contributed by atoms with Gasteiger partial charge < -0.3 is 15.0 Å². The summed E-state index contributed by atoms with van der Waals surface area (Å²) < 4.78 is 4.85. The molecule has 31 heavy (non-hydrogen) atoms. The highest BCUT2D eigenvalue weighted by Gasteiger charge is 2.27. The number of carbonyl (C=O) groups is 3. The summed E-state index contributed by atoms with van der Waals surface area (Å²) in [5.74, 6) is -0.617. The Bertz CT molecular complexity index is 947. The topological polar surface area (TPSA) is 75.7 Å². The zero-order chi connectivity index (χ0) is 22.2. The molecule has 0 spiro atoms. The third-order valence-corrected chi connectivity index (χ3v) is 5.37. The van der Waals surface area contributed by atoms with Crippen LogP contribution in [-0.4, -0.2) is 42.4 Å². The van der Waals surface area contributed by atoms with Crippen molar-refractivity contribution in [1.29, 1.82) is 0 Å². The maximum absolute atomic E-state index is 12.6. The van der Waals surface area contributed by atoms with Crippen molar-refractivity contribution in [3.63, 3.8) is 0 Å². The van der Waals surface area contributed by atoms with Crippen molar-refractivity contribution >= 4 is 41.1 Å². The fourth-order valence-corrected chi connectivity index (χ4v) is 3.52. The minimum absolute atomic E-state index is 0.0398. The molecule has 1 aliphatic rings. The summed E-state index contributed by atoms with van der Waals surface area (Å²) in [5.41, 5.74) is 2.13. The van der Waals surface area contributed by atoms with E-state index in [0.717, 1.165) is 5.56 Å². The Morgan fingerprint density at radius 2 is 1.71 bits per heavy atom. The molecule has 0 unspecified atom stereocenters.